The summed E-state index contributed by atoms with van der Waals surface area (Å²) in [6, 6.07) is 8.60. The van der Waals surface area contributed by atoms with Crippen molar-refractivity contribution in [1.82, 2.24) is 10.3 Å². The number of nitrogens with zero attached hydrogens (tertiary/aromatic N) is 1. The lowest BCUT2D eigenvalue weighted by Gasteiger charge is -2.15. The summed E-state index contributed by atoms with van der Waals surface area (Å²) in [5, 5.41) is 6.02. The topological polar surface area (TPSA) is 46.4 Å². The molecule has 0 bridgehead atoms. The lowest BCUT2D eigenvalue weighted by molar-refractivity contribution is -0.904. The zero-order chi connectivity index (χ0) is 16.7. The highest BCUT2D eigenvalue weighted by molar-refractivity contribution is 7.13. The summed E-state index contributed by atoms with van der Waals surface area (Å²) < 4.78 is 0. The van der Waals surface area contributed by atoms with E-state index in [2.05, 4.69) is 48.8 Å². The first-order chi connectivity index (χ1) is 11.2. The molecule has 1 atom stereocenters. The highest BCUT2D eigenvalue weighted by Crippen LogP contribution is 2.23. The van der Waals surface area contributed by atoms with Crippen molar-refractivity contribution in [2.75, 3.05) is 19.6 Å². The Hall–Kier alpha value is -1.72. The quantitative estimate of drug-likeness (QED) is 0.776. The number of amides is 1. The number of hydrogen-bond donors (Lipinski definition) is 2. The predicted molar refractivity (Wildman–Crippen MR) is 95.7 cm³/mol. The van der Waals surface area contributed by atoms with Crippen LogP contribution < -0.4 is 10.2 Å². The SMILES string of the molecule is CCNC(=O)C[NH+](CC)Cc1csc(-c2ccc(CC)cc2)n1. The molecule has 0 fully saturated rings. The lowest BCUT2D eigenvalue weighted by Crippen LogP contribution is -3.11. The maximum Gasteiger partial charge on any atom is 0.275 e. The zero-order valence-corrected chi connectivity index (χ0v) is 15.0. The zero-order valence-electron chi connectivity index (χ0n) is 14.2. The van der Waals surface area contributed by atoms with Gasteiger partial charge in [0.05, 0.1) is 6.54 Å². The molecule has 0 saturated carbocycles. The minimum absolute atomic E-state index is 0.106. The van der Waals surface area contributed by atoms with Crippen LogP contribution in [-0.4, -0.2) is 30.5 Å². The van der Waals surface area contributed by atoms with Crippen molar-refractivity contribution >= 4 is 17.2 Å². The molecule has 5 heteroatoms. The normalized spacial score (nSPS) is 12.1. The van der Waals surface area contributed by atoms with Gasteiger partial charge in [-0.05, 0) is 25.8 Å². The molecule has 2 N–H and O–H groups in total. The maximum atomic E-state index is 11.7. The Morgan fingerprint density at radius 1 is 1.22 bits per heavy atom. The van der Waals surface area contributed by atoms with E-state index in [1.165, 1.54) is 16.0 Å². The van der Waals surface area contributed by atoms with Crippen LogP contribution in [0.5, 0.6) is 0 Å². The van der Waals surface area contributed by atoms with Crippen LogP contribution in [0.1, 0.15) is 32.0 Å². The smallest absolute Gasteiger partial charge is 0.275 e. The minimum Gasteiger partial charge on any atom is -0.351 e. The van der Waals surface area contributed by atoms with Crippen LogP contribution >= 0.6 is 11.3 Å². The Morgan fingerprint density at radius 2 is 1.96 bits per heavy atom. The second-order valence-corrected chi connectivity index (χ2v) is 6.46. The van der Waals surface area contributed by atoms with Gasteiger partial charge in [-0.2, -0.15) is 0 Å². The predicted octanol–water partition coefficient (Wildman–Crippen LogP) is 1.91. The molecular weight excluding hydrogens is 306 g/mol. The highest BCUT2D eigenvalue weighted by Gasteiger charge is 2.14. The molecule has 0 aliphatic rings. The molecule has 1 aromatic heterocycles. The van der Waals surface area contributed by atoms with E-state index in [9.17, 15) is 4.79 Å². The Bertz CT molecular complexity index is 621. The van der Waals surface area contributed by atoms with Crippen LogP contribution in [0, 0.1) is 0 Å². The summed E-state index contributed by atoms with van der Waals surface area (Å²) in [5.41, 5.74) is 3.57. The van der Waals surface area contributed by atoms with Gasteiger partial charge in [0, 0.05) is 17.5 Å². The molecule has 1 aromatic carbocycles. The van der Waals surface area contributed by atoms with Gasteiger partial charge in [-0.25, -0.2) is 4.98 Å². The molecule has 0 aliphatic heterocycles. The third kappa shape index (κ3) is 5.15. The van der Waals surface area contributed by atoms with Crippen LogP contribution in [-0.2, 0) is 17.8 Å². The number of rotatable bonds is 8. The fourth-order valence-electron chi connectivity index (χ4n) is 2.46. The molecule has 0 aliphatic carbocycles. The lowest BCUT2D eigenvalue weighted by atomic mass is 10.1. The van der Waals surface area contributed by atoms with Crippen molar-refractivity contribution in [3.63, 3.8) is 0 Å². The van der Waals surface area contributed by atoms with Crippen LogP contribution in [0.3, 0.4) is 0 Å². The average molecular weight is 332 g/mol. The molecule has 1 amide bonds. The third-order valence-corrected chi connectivity index (χ3v) is 4.82. The number of quaternary nitrogens is 1. The van der Waals surface area contributed by atoms with Gasteiger partial charge < -0.3 is 10.2 Å². The molecule has 2 rings (SSSR count). The summed E-state index contributed by atoms with van der Waals surface area (Å²) in [7, 11) is 0. The Morgan fingerprint density at radius 3 is 2.57 bits per heavy atom. The van der Waals surface area contributed by atoms with Gasteiger partial charge in [0.2, 0.25) is 0 Å². The van der Waals surface area contributed by atoms with Crippen molar-refractivity contribution in [3.05, 3.63) is 40.9 Å². The summed E-state index contributed by atoms with van der Waals surface area (Å²) in [4.78, 5) is 17.7. The third-order valence-electron chi connectivity index (χ3n) is 3.88. The maximum absolute atomic E-state index is 11.7. The van der Waals surface area contributed by atoms with E-state index in [1.54, 1.807) is 11.3 Å². The fourth-order valence-corrected chi connectivity index (χ4v) is 3.28. The van der Waals surface area contributed by atoms with Crippen LogP contribution in [0.4, 0.5) is 0 Å². The molecule has 1 unspecified atom stereocenters. The molecule has 0 radical (unpaired) electrons. The summed E-state index contributed by atoms with van der Waals surface area (Å²) in [6.45, 7) is 9.10. The van der Waals surface area contributed by atoms with Crippen molar-refractivity contribution in [1.29, 1.82) is 0 Å². The van der Waals surface area contributed by atoms with Crippen molar-refractivity contribution in [2.45, 2.75) is 33.7 Å². The Labute approximate surface area is 142 Å². The standard InChI is InChI=1S/C18H25N3OS/c1-4-14-7-9-15(10-8-14)18-20-16(13-23-18)11-21(6-3)12-17(22)19-5-2/h7-10,13H,4-6,11-12H2,1-3H3,(H,19,22)/p+1. The summed E-state index contributed by atoms with van der Waals surface area (Å²) in [6.07, 6.45) is 1.05. The molecule has 124 valence electrons. The number of thiazole rings is 1. The second kappa shape index (κ2) is 8.79. The molecule has 0 saturated heterocycles. The minimum atomic E-state index is 0.106. The van der Waals surface area contributed by atoms with Gasteiger partial charge in [0.1, 0.15) is 17.2 Å². The molecule has 0 spiro atoms. The van der Waals surface area contributed by atoms with Gasteiger partial charge >= 0.3 is 0 Å². The van der Waals surface area contributed by atoms with Gasteiger partial charge in [-0.1, -0.05) is 31.2 Å². The number of carbonyl (C=O) groups is 1. The average Bonchev–Trinajstić information content (AvgIpc) is 3.03. The largest absolute Gasteiger partial charge is 0.351 e. The van der Waals surface area contributed by atoms with E-state index in [0.717, 1.165) is 30.2 Å². The van der Waals surface area contributed by atoms with Gasteiger partial charge in [0.15, 0.2) is 6.54 Å². The first kappa shape index (κ1) is 17.6. The summed E-state index contributed by atoms with van der Waals surface area (Å²) >= 11 is 1.67. The Balaban J connectivity index is 2.01. The highest BCUT2D eigenvalue weighted by atomic mass is 32.1. The van der Waals surface area contributed by atoms with Crippen LogP contribution in [0.2, 0.25) is 0 Å². The fraction of sp³-hybridized carbons (Fsp3) is 0.444. The number of likely N-dealkylation sites (N-methyl/N-ethyl adjacent to an activating group) is 2. The van der Waals surface area contributed by atoms with E-state index in [1.807, 2.05) is 6.92 Å². The molecule has 23 heavy (non-hydrogen) atoms. The number of aromatic nitrogens is 1. The number of hydrogen-bond acceptors (Lipinski definition) is 3. The monoisotopic (exact) mass is 332 g/mol. The first-order valence-corrected chi connectivity index (χ1v) is 9.18. The number of aryl methyl sites for hydroxylation is 1. The van der Waals surface area contributed by atoms with E-state index in [4.69, 9.17) is 4.98 Å². The van der Waals surface area contributed by atoms with Crippen LogP contribution in [0.25, 0.3) is 10.6 Å². The number of benzene rings is 1. The van der Waals surface area contributed by atoms with Crippen molar-refractivity contribution in [3.8, 4) is 10.6 Å². The van der Waals surface area contributed by atoms with Crippen molar-refractivity contribution < 1.29 is 9.69 Å². The van der Waals surface area contributed by atoms with E-state index < -0.39 is 0 Å². The van der Waals surface area contributed by atoms with Gasteiger partial charge in [0.25, 0.3) is 5.91 Å². The van der Waals surface area contributed by atoms with Gasteiger partial charge in [-0.15, -0.1) is 11.3 Å². The van der Waals surface area contributed by atoms with E-state index in [0.29, 0.717) is 13.1 Å². The summed E-state index contributed by atoms with van der Waals surface area (Å²) in [5.74, 6) is 0.106. The molecular formula is C18H26N3OS+. The first-order valence-electron chi connectivity index (χ1n) is 8.30. The molecule has 1 heterocycles. The van der Waals surface area contributed by atoms with Crippen molar-refractivity contribution in [2.24, 2.45) is 0 Å². The van der Waals surface area contributed by atoms with E-state index >= 15 is 0 Å². The van der Waals surface area contributed by atoms with Crippen LogP contribution in [0.15, 0.2) is 29.6 Å². The number of nitrogens with one attached hydrogen (secondary N) is 2. The van der Waals surface area contributed by atoms with E-state index in [-0.39, 0.29) is 5.91 Å². The Kier molecular flexibility index (Phi) is 6.74. The molecule has 4 nitrogen and oxygen atoms in total. The molecule has 2 aromatic rings. The van der Waals surface area contributed by atoms with Gasteiger partial charge in [-0.3, -0.25) is 4.79 Å². The second-order valence-electron chi connectivity index (χ2n) is 5.61. The number of carbonyl (C=O) groups excluding carboxylic acids is 1.